The molecular weight excluding hydrogens is 249 g/mol. The van der Waals surface area contributed by atoms with E-state index in [9.17, 15) is 4.39 Å². The van der Waals surface area contributed by atoms with Crippen molar-refractivity contribution in [2.75, 3.05) is 6.54 Å². The van der Waals surface area contributed by atoms with Crippen molar-refractivity contribution in [3.8, 4) is 0 Å². The lowest BCUT2D eigenvalue weighted by atomic mass is 9.90. The van der Waals surface area contributed by atoms with Gasteiger partial charge in [-0.05, 0) is 76.6 Å². The van der Waals surface area contributed by atoms with Crippen molar-refractivity contribution in [1.82, 2.24) is 5.32 Å². The third kappa shape index (κ3) is 4.17. The molecule has 0 bridgehead atoms. The Labute approximate surface area is 122 Å². The first-order valence-corrected chi connectivity index (χ1v) is 7.68. The maximum absolute atomic E-state index is 12.9. The van der Waals surface area contributed by atoms with E-state index in [1.54, 1.807) is 12.1 Å². The quantitative estimate of drug-likeness (QED) is 0.802. The van der Waals surface area contributed by atoms with E-state index in [4.69, 9.17) is 0 Å². The molecule has 1 aromatic carbocycles. The van der Waals surface area contributed by atoms with Crippen molar-refractivity contribution >= 4 is 0 Å². The number of halogens is 1. The van der Waals surface area contributed by atoms with Crippen molar-refractivity contribution in [2.24, 2.45) is 5.92 Å². The van der Waals surface area contributed by atoms with Gasteiger partial charge in [0.1, 0.15) is 5.82 Å². The molecule has 2 rings (SSSR count). The van der Waals surface area contributed by atoms with Crippen LogP contribution in [0.15, 0.2) is 35.4 Å². The molecule has 0 amide bonds. The second-order valence-electron chi connectivity index (χ2n) is 6.25. The van der Waals surface area contributed by atoms with Crippen molar-refractivity contribution in [3.05, 3.63) is 46.8 Å². The maximum Gasteiger partial charge on any atom is 0.123 e. The number of hydrogen-bond acceptors (Lipinski definition) is 1. The topological polar surface area (TPSA) is 12.0 Å². The van der Waals surface area contributed by atoms with Crippen LogP contribution >= 0.6 is 0 Å². The molecule has 0 aromatic heterocycles. The zero-order valence-corrected chi connectivity index (χ0v) is 12.9. The molecule has 110 valence electrons. The minimum atomic E-state index is -0.143. The van der Waals surface area contributed by atoms with E-state index in [2.05, 4.69) is 26.1 Å². The predicted molar refractivity (Wildman–Crippen MR) is 83.3 cm³/mol. The Kier molecular flexibility index (Phi) is 5.36. The van der Waals surface area contributed by atoms with E-state index in [-0.39, 0.29) is 5.82 Å². The molecule has 1 fully saturated rings. The lowest BCUT2D eigenvalue weighted by molar-refractivity contribution is 0.465. The summed E-state index contributed by atoms with van der Waals surface area (Å²) in [4.78, 5) is 0. The van der Waals surface area contributed by atoms with E-state index in [0.717, 1.165) is 13.0 Å². The predicted octanol–water partition coefficient (Wildman–Crippen LogP) is 4.48. The number of rotatable bonds is 3. The van der Waals surface area contributed by atoms with Gasteiger partial charge in [-0.25, -0.2) is 4.39 Å². The highest BCUT2D eigenvalue weighted by Gasteiger charge is 2.20. The Hall–Kier alpha value is -1.15. The molecule has 1 aliphatic rings. The summed E-state index contributed by atoms with van der Waals surface area (Å²) < 4.78 is 12.9. The molecule has 2 atom stereocenters. The zero-order valence-electron chi connectivity index (χ0n) is 12.9. The molecule has 1 aliphatic heterocycles. The van der Waals surface area contributed by atoms with Gasteiger partial charge in [-0.2, -0.15) is 0 Å². The number of nitrogens with one attached hydrogen (secondary N) is 1. The molecule has 0 radical (unpaired) electrons. The van der Waals surface area contributed by atoms with Crippen molar-refractivity contribution in [1.29, 1.82) is 0 Å². The highest BCUT2D eigenvalue weighted by molar-refractivity contribution is 5.17. The van der Waals surface area contributed by atoms with Crippen LogP contribution in [-0.4, -0.2) is 12.6 Å². The Morgan fingerprint density at radius 2 is 1.80 bits per heavy atom. The van der Waals surface area contributed by atoms with Crippen molar-refractivity contribution < 1.29 is 4.39 Å². The zero-order chi connectivity index (χ0) is 14.5. The lowest BCUT2D eigenvalue weighted by Crippen LogP contribution is -2.29. The highest BCUT2D eigenvalue weighted by atomic mass is 19.1. The third-order valence-corrected chi connectivity index (χ3v) is 4.56. The van der Waals surface area contributed by atoms with Gasteiger partial charge in [0.05, 0.1) is 0 Å². The first-order valence-electron chi connectivity index (χ1n) is 7.68. The van der Waals surface area contributed by atoms with E-state index >= 15 is 0 Å². The normalized spacial score (nSPS) is 23.2. The van der Waals surface area contributed by atoms with E-state index < -0.39 is 0 Å². The van der Waals surface area contributed by atoms with Crippen LogP contribution in [0.1, 0.15) is 45.6 Å². The Balaban J connectivity index is 1.93. The summed E-state index contributed by atoms with van der Waals surface area (Å²) in [5.41, 5.74) is 4.18. The van der Waals surface area contributed by atoms with E-state index in [1.807, 2.05) is 12.1 Å². The van der Waals surface area contributed by atoms with Gasteiger partial charge in [-0.1, -0.05) is 23.3 Å². The molecule has 2 heteroatoms. The van der Waals surface area contributed by atoms with Gasteiger partial charge in [-0.15, -0.1) is 0 Å². The Morgan fingerprint density at radius 3 is 2.45 bits per heavy atom. The van der Waals surface area contributed by atoms with Crippen molar-refractivity contribution in [2.45, 2.75) is 52.5 Å². The molecule has 0 aliphatic carbocycles. The van der Waals surface area contributed by atoms with Crippen LogP contribution in [0.2, 0.25) is 0 Å². The molecule has 0 saturated carbocycles. The second kappa shape index (κ2) is 7.03. The summed E-state index contributed by atoms with van der Waals surface area (Å²) in [6.07, 6.45) is 4.75. The summed E-state index contributed by atoms with van der Waals surface area (Å²) in [5, 5.41) is 3.67. The Morgan fingerprint density at radius 1 is 1.10 bits per heavy atom. The van der Waals surface area contributed by atoms with E-state index in [0.29, 0.717) is 12.0 Å². The lowest BCUT2D eigenvalue weighted by Gasteiger charge is -2.18. The second-order valence-corrected chi connectivity index (χ2v) is 6.25. The largest absolute Gasteiger partial charge is 0.310 e. The van der Waals surface area contributed by atoms with Crippen LogP contribution in [0.5, 0.6) is 0 Å². The average molecular weight is 275 g/mol. The van der Waals surface area contributed by atoms with Crippen LogP contribution in [0.3, 0.4) is 0 Å². The molecule has 2 unspecified atom stereocenters. The number of hydrogen-bond donors (Lipinski definition) is 1. The van der Waals surface area contributed by atoms with Crippen LogP contribution in [0, 0.1) is 11.7 Å². The fourth-order valence-electron chi connectivity index (χ4n) is 2.99. The minimum absolute atomic E-state index is 0.143. The van der Waals surface area contributed by atoms with Crippen LogP contribution in [-0.2, 0) is 6.42 Å². The summed E-state index contributed by atoms with van der Waals surface area (Å²) >= 11 is 0. The minimum Gasteiger partial charge on any atom is -0.310 e. The van der Waals surface area contributed by atoms with Crippen molar-refractivity contribution in [3.63, 3.8) is 0 Å². The first-order chi connectivity index (χ1) is 9.56. The standard InChI is InChI=1S/C18H26FN/c1-13(2)14(3)18-9-6-16(10-11-20-18)12-15-4-7-17(19)8-5-15/h4-5,7-8,16,18,20H,6,9-12H2,1-3H3. The van der Waals surface area contributed by atoms with Crippen LogP contribution < -0.4 is 5.32 Å². The Bertz CT molecular complexity index is 457. The molecule has 20 heavy (non-hydrogen) atoms. The van der Waals surface area contributed by atoms with Gasteiger partial charge in [0, 0.05) is 6.04 Å². The number of benzene rings is 1. The maximum atomic E-state index is 12.9. The molecule has 1 heterocycles. The van der Waals surface area contributed by atoms with Gasteiger partial charge < -0.3 is 5.32 Å². The third-order valence-electron chi connectivity index (χ3n) is 4.56. The molecule has 1 N–H and O–H groups in total. The average Bonchev–Trinajstić information content (AvgIpc) is 2.66. The monoisotopic (exact) mass is 275 g/mol. The molecule has 0 spiro atoms. The fourth-order valence-corrected chi connectivity index (χ4v) is 2.99. The fraction of sp³-hybridized carbons (Fsp3) is 0.556. The van der Waals surface area contributed by atoms with Crippen LogP contribution in [0.4, 0.5) is 4.39 Å². The SMILES string of the molecule is CC(C)=C(C)C1CCC(Cc2ccc(F)cc2)CCN1. The summed E-state index contributed by atoms with van der Waals surface area (Å²) in [7, 11) is 0. The van der Waals surface area contributed by atoms with E-state index in [1.165, 1.54) is 36.0 Å². The van der Waals surface area contributed by atoms with Gasteiger partial charge >= 0.3 is 0 Å². The van der Waals surface area contributed by atoms with Gasteiger partial charge in [0.15, 0.2) is 0 Å². The van der Waals surface area contributed by atoms with Gasteiger partial charge in [0.25, 0.3) is 0 Å². The molecule has 1 saturated heterocycles. The molecular formula is C18H26FN. The van der Waals surface area contributed by atoms with Gasteiger partial charge in [-0.3, -0.25) is 0 Å². The summed E-state index contributed by atoms with van der Waals surface area (Å²) in [5.74, 6) is 0.568. The highest BCUT2D eigenvalue weighted by Crippen LogP contribution is 2.24. The van der Waals surface area contributed by atoms with Gasteiger partial charge in [0.2, 0.25) is 0 Å². The van der Waals surface area contributed by atoms with Crippen LogP contribution in [0.25, 0.3) is 0 Å². The summed E-state index contributed by atoms with van der Waals surface area (Å²) in [6, 6.07) is 7.53. The number of allylic oxidation sites excluding steroid dienone is 1. The molecule has 1 nitrogen and oxygen atoms in total. The summed E-state index contributed by atoms with van der Waals surface area (Å²) in [6.45, 7) is 7.71. The first kappa shape index (κ1) is 15.2. The smallest absolute Gasteiger partial charge is 0.123 e. The molecule has 1 aromatic rings.